The molecule has 2 aromatic rings. The zero-order valence-corrected chi connectivity index (χ0v) is 14.6. The van der Waals surface area contributed by atoms with Gasteiger partial charge in [0.2, 0.25) is 0 Å². The number of nitrogens with two attached hydrogens (primary N) is 1. The third-order valence-corrected chi connectivity index (χ3v) is 5.30. The second-order valence-corrected chi connectivity index (χ2v) is 7.11. The van der Waals surface area contributed by atoms with Crippen molar-refractivity contribution in [3.05, 3.63) is 29.7 Å². The minimum atomic E-state index is -0.760. The number of carboxylic acids is 1. The Bertz CT molecular complexity index is 932. The number of carboxylic acid groups (broad SMARTS) is 1. The van der Waals surface area contributed by atoms with E-state index in [1.807, 2.05) is 6.92 Å². The van der Waals surface area contributed by atoms with Gasteiger partial charge in [-0.3, -0.25) is 4.79 Å². The largest absolute Gasteiger partial charge is 0.481 e. The maximum atomic E-state index is 11.0. The molecule has 130 valence electrons. The lowest BCUT2D eigenvalue weighted by atomic mass is 9.52. The summed E-state index contributed by atoms with van der Waals surface area (Å²) in [4.78, 5) is 19.3. The molecule has 3 rings (SSSR count). The van der Waals surface area contributed by atoms with E-state index in [0.29, 0.717) is 22.9 Å². The molecule has 2 heterocycles. The molecule has 2 atom stereocenters. The van der Waals surface area contributed by atoms with Gasteiger partial charge < -0.3 is 10.8 Å². The third-order valence-electron chi connectivity index (χ3n) is 5.30. The molecule has 1 fully saturated rings. The first-order valence-corrected chi connectivity index (χ1v) is 8.10. The van der Waals surface area contributed by atoms with E-state index in [1.165, 1.54) is 10.8 Å². The van der Waals surface area contributed by atoms with Gasteiger partial charge in [-0.1, -0.05) is 32.3 Å². The summed E-state index contributed by atoms with van der Waals surface area (Å²) in [5, 5.41) is 13.0. The van der Waals surface area contributed by atoms with Crippen LogP contribution in [0.4, 0.5) is 5.82 Å². The van der Waals surface area contributed by atoms with E-state index >= 15 is 0 Å². The Morgan fingerprint density at radius 3 is 2.92 bits per heavy atom. The van der Waals surface area contributed by atoms with Gasteiger partial charge in [-0.15, -0.1) is 0 Å². The Morgan fingerprint density at radius 2 is 2.28 bits per heavy atom. The van der Waals surface area contributed by atoms with Gasteiger partial charge in [0.1, 0.15) is 12.1 Å². The second-order valence-electron chi connectivity index (χ2n) is 7.11. The summed E-state index contributed by atoms with van der Waals surface area (Å²) in [6, 6.07) is 0. The smallest absolute Gasteiger partial charge is 0.303 e. The molecule has 1 aliphatic carbocycles. The Morgan fingerprint density at radius 1 is 1.56 bits per heavy atom. The molecule has 2 aromatic heterocycles. The molecule has 7 nitrogen and oxygen atoms in total. The number of hydrogen-bond donors (Lipinski definition) is 2. The van der Waals surface area contributed by atoms with E-state index in [1.54, 1.807) is 0 Å². The molecule has 1 aliphatic rings. The first-order chi connectivity index (χ1) is 11.7. The topological polar surface area (TPSA) is 106 Å². The fraction of sp³-hybridized carbons (Fsp3) is 0.444. The number of rotatable bonds is 3. The van der Waals surface area contributed by atoms with Crippen molar-refractivity contribution < 1.29 is 9.90 Å². The van der Waals surface area contributed by atoms with Crippen LogP contribution in [0.25, 0.3) is 5.78 Å². The van der Waals surface area contributed by atoms with E-state index in [9.17, 15) is 4.79 Å². The van der Waals surface area contributed by atoms with Gasteiger partial charge in [0.25, 0.3) is 5.78 Å². The molecule has 0 spiro atoms. The number of nitrogen functional groups attached to an aromatic ring is 1. The zero-order chi connectivity index (χ0) is 18.4. The van der Waals surface area contributed by atoms with Crippen molar-refractivity contribution in [1.82, 2.24) is 19.6 Å². The SMILES string of the molecule is C=C(C#Cc1c(C)nc2ncnn2c1N)C1CC(CC(=O)O)C1(C)C. The van der Waals surface area contributed by atoms with Crippen LogP contribution in [0.3, 0.4) is 0 Å². The molecule has 7 heteroatoms. The number of nitrogens with zero attached hydrogens (tertiary/aromatic N) is 4. The maximum Gasteiger partial charge on any atom is 0.303 e. The Balaban J connectivity index is 1.83. The van der Waals surface area contributed by atoms with Crippen LogP contribution in [0.5, 0.6) is 0 Å². The van der Waals surface area contributed by atoms with Crippen molar-refractivity contribution in [3.63, 3.8) is 0 Å². The zero-order valence-electron chi connectivity index (χ0n) is 14.6. The highest BCUT2D eigenvalue weighted by Gasteiger charge is 2.49. The Hall–Kier alpha value is -2.88. The van der Waals surface area contributed by atoms with Crippen molar-refractivity contribution in [2.45, 2.75) is 33.6 Å². The first kappa shape index (κ1) is 17.0. The Labute approximate surface area is 146 Å². The highest BCUT2D eigenvalue weighted by Crippen LogP contribution is 2.55. The van der Waals surface area contributed by atoms with Crippen LogP contribution in [0.2, 0.25) is 0 Å². The van der Waals surface area contributed by atoms with Gasteiger partial charge in [-0.05, 0) is 36.2 Å². The molecule has 0 amide bonds. The van der Waals surface area contributed by atoms with Crippen molar-refractivity contribution in [2.75, 3.05) is 5.73 Å². The van der Waals surface area contributed by atoms with Gasteiger partial charge >= 0.3 is 5.97 Å². The number of carbonyl (C=O) groups is 1. The van der Waals surface area contributed by atoms with Gasteiger partial charge in [0.05, 0.1) is 11.3 Å². The van der Waals surface area contributed by atoms with Crippen molar-refractivity contribution >= 4 is 17.6 Å². The van der Waals surface area contributed by atoms with E-state index in [2.05, 4.69) is 47.3 Å². The molecule has 0 aliphatic heterocycles. The predicted molar refractivity (Wildman–Crippen MR) is 93.6 cm³/mol. The van der Waals surface area contributed by atoms with Crippen LogP contribution < -0.4 is 5.73 Å². The number of aromatic nitrogens is 4. The minimum Gasteiger partial charge on any atom is -0.481 e. The van der Waals surface area contributed by atoms with Gasteiger partial charge in [-0.25, -0.2) is 4.98 Å². The number of fused-ring (bicyclic) bond motifs is 1. The molecule has 1 saturated carbocycles. The molecular weight excluding hydrogens is 318 g/mol. The predicted octanol–water partition coefficient (Wildman–Crippen LogP) is 2.06. The summed E-state index contributed by atoms with van der Waals surface area (Å²) in [7, 11) is 0. The van der Waals surface area contributed by atoms with Crippen molar-refractivity contribution in [2.24, 2.45) is 17.3 Å². The highest BCUT2D eigenvalue weighted by atomic mass is 16.4. The van der Waals surface area contributed by atoms with Gasteiger partial charge in [-0.2, -0.15) is 14.6 Å². The lowest BCUT2D eigenvalue weighted by Gasteiger charge is -2.52. The van der Waals surface area contributed by atoms with Crippen molar-refractivity contribution in [3.8, 4) is 11.8 Å². The Kier molecular flexibility index (Phi) is 3.99. The third kappa shape index (κ3) is 2.84. The van der Waals surface area contributed by atoms with Crippen LogP contribution in [-0.2, 0) is 4.79 Å². The first-order valence-electron chi connectivity index (χ1n) is 8.10. The van der Waals surface area contributed by atoms with Crippen LogP contribution in [-0.4, -0.2) is 30.7 Å². The number of aryl methyl sites for hydroxylation is 1. The van der Waals surface area contributed by atoms with E-state index in [4.69, 9.17) is 10.8 Å². The fourth-order valence-electron chi connectivity index (χ4n) is 3.53. The fourth-order valence-corrected chi connectivity index (χ4v) is 3.53. The highest BCUT2D eigenvalue weighted by molar-refractivity contribution is 5.67. The summed E-state index contributed by atoms with van der Waals surface area (Å²) in [6.45, 7) is 10.1. The van der Waals surface area contributed by atoms with Crippen molar-refractivity contribution in [1.29, 1.82) is 0 Å². The summed E-state index contributed by atoms with van der Waals surface area (Å²) in [5.41, 5.74) is 8.09. The van der Waals surface area contributed by atoms with Crippen LogP contribution in [0.1, 0.15) is 37.9 Å². The van der Waals surface area contributed by atoms with Crippen LogP contribution in [0.15, 0.2) is 18.5 Å². The minimum absolute atomic E-state index is 0.126. The van der Waals surface area contributed by atoms with Crippen LogP contribution in [0, 0.1) is 36.0 Å². The normalized spacial score (nSPS) is 21.2. The lowest BCUT2D eigenvalue weighted by Crippen LogP contribution is -2.46. The molecule has 3 N–H and O–H groups in total. The quantitative estimate of drug-likeness (QED) is 0.829. The van der Waals surface area contributed by atoms with Crippen LogP contribution >= 0.6 is 0 Å². The number of hydrogen-bond acceptors (Lipinski definition) is 5. The number of allylic oxidation sites excluding steroid dienone is 1. The molecule has 25 heavy (non-hydrogen) atoms. The number of anilines is 1. The maximum absolute atomic E-state index is 11.0. The average molecular weight is 339 g/mol. The van der Waals surface area contributed by atoms with E-state index in [-0.39, 0.29) is 23.7 Å². The van der Waals surface area contributed by atoms with Gasteiger partial charge in [0, 0.05) is 6.42 Å². The monoisotopic (exact) mass is 339 g/mol. The molecule has 0 bridgehead atoms. The van der Waals surface area contributed by atoms with E-state index in [0.717, 1.165) is 12.0 Å². The molecule has 0 saturated heterocycles. The number of aliphatic carboxylic acids is 1. The summed E-state index contributed by atoms with van der Waals surface area (Å²) in [5.74, 6) is 6.56. The average Bonchev–Trinajstić information content (AvgIpc) is 2.98. The summed E-state index contributed by atoms with van der Waals surface area (Å²) >= 11 is 0. The second kappa shape index (κ2) is 5.88. The molecule has 0 radical (unpaired) electrons. The lowest BCUT2D eigenvalue weighted by molar-refractivity contribution is -0.142. The molecular formula is C18H21N5O2. The summed E-state index contributed by atoms with van der Waals surface area (Å²) < 4.78 is 1.45. The standard InChI is InChI=1S/C18H21N5O2/c1-10(14-7-12(8-15(24)25)18(14,3)4)5-6-13-11(2)22-17-20-9-21-23(17)16(13)19/h9,12,14H,1,7-8,19H2,2-4H3,(H,24,25). The summed E-state index contributed by atoms with van der Waals surface area (Å²) in [6.07, 6.45) is 2.37. The molecule has 2 unspecified atom stereocenters. The molecule has 0 aromatic carbocycles. The van der Waals surface area contributed by atoms with Gasteiger partial charge in [0.15, 0.2) is 0 Å². The van der Waals surface area contributed by atoms with E-state index < -0.39 is 5.97 Å².